The zero-order chi connectivity index (χ0) is 18.4. The van der Waals surface area contributed by atoms with Gasteiger partial charge >= 0.3 is 0 Å². The minimum absolute atomic E-state index is 0.00731. The van der Waals surface area contributed by atoms with Gasteiger partial charge in [0.2, 0.25) is 5.91 Å². The number of rotatable bonds is 8. The van der Waals surface area contributed by atoms with Crippen LogP contribution in [0.25, 0.3) is 0 Å². The zero-order valence-corrected chi connectivity index (χ0v) is 15.7. The van der Waals surface area contributed by atoms with E-state index in [0.29, 0.717) is 25.5 Å². The van der Waals surface area contributed by atoms with Crippen LogP contribution in [0, 0.1) is 13.8 Å². The smallest absolute Gasteiger partial charge is 0.247 e. The molecule has 0 radical (unpaired) electrons. The lowest BCUT2D eigenvalue weighted by atomic mass is 10.3. The number of amides is 1. The summed E-state index contributed by atoms with van der Waals surface area (Å²) >= 11 is 0. The molecule has 1 amide bonds. The van der Waals surface area contributed by atoms with Crippen molar-refractivity contribution >= 4 is 5.91 Å². The molecule has 0 aliphatic heterocycles. The third kappa shape index (κ3) is 4.75. The van der Waals surface area contributed by atoms with Gasteiger partial charge in [0.15, 0.2) is 11.5 Å². The molecule has 0 bridgehead atoms. The molecule has 0 saturated heterocycles. The minimum Gasteiger partial charge on any atom is -0.490 e. The monoisotopic (exact) mass is 345 g/mol. The van der Waals surface area contributed by atoms with Gasteiger partial charge < -0.3 is 14.4 Å². The zero-order valence-electron chi connectivity index (χ0n) is 15.7. The molecule has 0 aliphatic rings. The van der Waals surface area contributed by atoms with Crippen LogP contribution in [0.5, 0.6) is 11.5 Å². The first-order valence-corrected chi connectivity index (χ1v) is 8.56. The van der Waals surface area contributed by atoms with E-state index in [0.717, 1.165) is 17.1 Å². The molecule has 1 atom stereocenters. The summed E-state index contributed by atoms with van der Waals surface area (Å²) in [6.45, 7) is 9.15. The average Bonchev–Trinajstić information content (AvgIpc) is 2.93. The minimum atomic E-state index is -0.339. The summed E-state index contributed by atoms with van der Waals surface area (Å²) in [5.74, 6) is 1.42. The number of hydrogen-bond donors (Lipinski definition) is 0. The Kier molecular flexibility index (Phi) is 6.44. The topological polar surface area (TPSA) is 56.6 Å². The molecule has 6 nitrogen and oxygen atoms in total. The quantitative estimate of drug-likeness (QED) is 0.738. The van der Waals surface area contributed by atoms with Crippen LogP contribution in [0.3, 0.4) is 0 Å². The fourth-order valence-corrected chi connectivity index (χ4v) is 2.71. The molecule has 1 heterocycles. The van der Waals surface area contributed by atoms with Crippen molar-refractivity contribution in [1.82, 2.24) is 14.7 Å². The normalized spacial score (nSPS) is 11.9. The highest BCUT2D eigenvalue weighted by Crippen LogP contribution is 2.26. The van der Waals surface area contributed by atoms with Crippen molar-refractivity contribution in [3.63, 3.8) is 0 Å². The van der Waals surface area contributed by atoms with Crippen molar-refractivity contribution in [3.8, 4) is 11.5 Å². The van der Waals surface area contributed by atoms with E-state index in [9.17, 15) is 4.79 Å². The summed E-state index contributed by atoms with van der Waals surface area (Å²) in [4.78, 5) is 14.3. The molecular formula is C19H27N3O3. The SMILES string of the molecule is CCOc1ccccc1OCCN(C)C(=O)C(C)n1nc(C)cc1C. The van der Waals surface area contributed by atoms with Crippen LogP contribution in [-0.4, -0.2) is 47.4 Å². The van der Waals surface area contributed by atoms with Crippen LogP contribution in [0.15, 0.2) is 30.3 Å². The number of carbonyl (C=O) groups is 1. The van der Waals surface area contributed by atoms with Gasteiger partial charge in [-0.1, -0.05) is 12.1 Å². The van der Waals surface area contributed by atoms with Crippen LogP contribution in [-0.2, 0) is 4.79 Å². The van der Waals surface area contributed by atoms with E-state index in [1.807, 2.05) is 58.0 Å². The second-order valence-corrected chi connectivity index (χ2v) is 6.04. The summed E-state index contributed by atoms with van der Waals surface area (Å²) in [7, 11) is 1.78. The molecule has 6 heteroatoms. The van der Waals surface area contributed by atoms with Crippen LogP contribution in [0.1, 0.15) is 31.3 Å². The lowest BCUT2D eigenvalue weighted by Crippen LogP contribution is -2.36. The fourth-order valence-electron chi connectivity index (χ4n) is 2.71. The fraction of sp³-hybridized carbons (Fsp3) is 0.474. The van der Waals surface area contributed by atoms with Gasteiger partial charge in [0.25, 0.3) is 0 Å². The molecule has 0 spiro atoms. The largest absolute Gasteiger partial charge is 0.490 e. The lowest BCUT2D eigenvalue weighted by molar-refractivity contribution is -0.133. The standard InChI is InChI=1S/C19H27N3O3/c1-6-24-17-9-7-8-10-18(17)25-12-11-21(5)19(23)16(4)22-15(3)13-14(2)20-22/h7-10,13,16H,6,11-12H2,1-5H3. The van der Waals surface area contributed by atoms with Crippen molar-refractivity contribution in [3.05, 3.63) is 41.7 Å². The Hall–Kier alpha value is -2.50. The first-order chi connectivity index (χ1) is 11.9. The van der Waals surface area contributed by atoms with Crippen LogP contribution in [0.4, 0.5) is 0 Å². The van der Waals surface area contributed by atoms with Crippen molar-refractivity contribution < 1.29 is 14.3 Å². The van der Waals surface area contributed by atoms with E-state index in [2.05, 4.69) is 5.10 Å². The second kappa shape index (κ2) is 8.55. The highest BCUT2D eigenvalue weighted by atomic mass is 16.5. The maximum atomic E-state index is 12.6. The van der Waals surface area contributed by atoms with Crippen LogP contribution in [0.2, 0.25) is 0 Å². The molecular weight excluding hydrogens is 318 g/mol. The number of aryl methyl sites for hydroxylation is 2. The van der Waals surface area contributed by atoms with Crippen molar-refractivity contribution in [2.75, 3.05) is 26.8 Å². The molecule has 0 aliphatic carbocycles. The Morgan fingerprint density at radius 2 is 1.88 bits per heavy atom. The third-order valence-electron chi connectivity index (χ3n) is 3.98. The summed E-state index contributed by atoms with van der Waals surface area (Å²) in [5, 5.41) is 4.39. The Morgan fingerprint density at radius 3 is 2.44 bits per heavy atom. The van der Waals surface area contributed by atoms with Gasteiger partial charge in [-0.05, 0) is 45.9 Å². The average molecular weight is 345 g/mol. The Labute approximate surface area is 149 Å². The van der Waals surface area contributed by atoms with Crippen molar-refractivity contribution in [2.45, 2.75) is 33.7 Å². The number of likely N-dealkylation sites (N-methyl/N-ethyl adjacent to an activating group) is 1. The Balaban J connectivity index is 1.90. The molecule has 136 valence electrons. The Morgan fingerprint density at radius 1 is 1.24 bits per heavy atom. The molecule has 0 saturated carbocycles. The predicted octanol–water partition coefficient (Wildman–Crippen LogP) is 3.00. The summed E-state index contributed by atoms with van der Waals surface area (Å²) < 4.78 is 13.1. The predicted molar refractivity (Wildman–Crippen MR) is 97.2 cm³/mol. The van der Waals surface area contributed by atoms with Crippen LogP contribution < -0.4 is 9.47 Å². The van der Waals surface area contributed by atoms with E-state index in [4.69, 9.17) is 9.47 Å². The highest BCUT2D eigenvalue weighted by molar-refractivity contribution is 5.79. The summed E-state index contributed by atoms with van der Waals surface area (Å²) in [5.41, 5.74) is 1.89. The van der Waals surface area contributed by atoms with E-state index in [1.165, 1.54) is 0 Å². The van der Waals surface area contributed by atoms with E-state index in [1.54, 1.807) is 16.6 Å². The first-order valence-electron chi connectivity index (χ1n) is 8.56. The van der Waals surface area contributed by atoms with Crippen molar-refractivity contribution in [2.24, 2.45) is 0 Å². The number of hydrogen-bond acceptors (Lipinski definition) is 4. The molecule has 0 fully saturated rings. The number of aromatic nitrogens is 2. The summed E-state index contributed by atoms with van der Waals surface area (Å²) in [6.07, 6.45) is 0. The molecule has 25 heavy (non-hydrogen) atoms. The van der Waals surface area contributed by atoms with Gasteiger partial charge in [-0.2, -0.15) is 5.10 Å². The second-order valence-electron chi connectivity index (χ2n) is 6.04. The lowest BCUT2D eigenvalue weighted by Gasteiger charge is -2.22. The van der Waals surface area contributed by atoms with Gasteiger partial charge in [-0.15, -0.1) is 0 Å². The number of ether oxygens (including phenoxy) is 2. The molecule has 1 aromatic carbocycles. The molecule has 1 aromatic heterocycles. The van der Waals surface area contributed by atoms with Crippen molar-refractivity contribution in [1.29, 1.82) is 0 Å². The molecule has 1 unspecified atom stereocenters. The number of nitrogens with zero attached hydrogens (tertiary/aromatic N) is 3. The number of benzene rings is 1. The van der Waals surface area contributed by atoms with Crippen LogP contribution >= 0.6 is 0 Å². The summed E-state index contributed by atoms with van der Waals surface area (Å²) in [6, 6.07) is 9.18. The van der Waals surface area contributed by atoms with Gasteiger partial charge in [-0.25, -0.2) is 0 Å². The van der Waals surface area contributed by atoms with Gasteiger partial charge in [0.1, 0.15) is 12.6 Å². The van der Waals surface area contributed by atoms with E-state index in [-0.39, 0.29) is 11.9 Å². The first kappa shape index (κ1) is 18.8. The molecule has 2 aromatic rings. The Bertz CT molecular complexity index is 712. The number of para-hydroxylation sites is 2. The third-order valence-corrected chi connectivity index (χ3v) is 3.98. The number of carbonyl (C=O) groups excluding carboxylic acids is 1. The molecule has 0 N–H and O–H groups in total. The highest BCUT2D eigenvalue weighted by Gasteiger charge is 2.21. The van der Waals surface area contributed by atoms with E-state index >= 15 is 0 Å². The van der Waals surface area contributed by atoms with Gasteiger partial charge in [0.05, 0.1) is 18.8 Å². The van der Waals surface area contributed by atoms with Gasteiger partial charge in [-0.3, -0.25) is 9.48 Å². The molecule has 2 rings (SSSR count). The maximum absolute atomic E-state index is 12.6. The van der Waals surface area contributed by atoms with E-state index < -0.39 is 0 Å². The maximum Gasteiger partial charge on any atom is 0.247 e. The van der Waals surface area contributed by atoms with Gasteiger partial charge in [0, 0.05) is 12.7 Å².